The molecule has 2 nitrogen and oxygen atoms in total. The van der Waals surface area contributed by atoms with Gasteiger partial charge in [-0.15, -0.1) is 0 Å². The number of nitrogens with one attached hydrogen (secondary N) is 1. The highest BCUT2D eigenvalue weighted by Crippen LogP contribution is 2.27. The summed E-state index contributed by atoms with van der Waals surface area (Å²) in [7, 11) is 0. The van der Waals surface area contributed by atoms with Crippen LogP contribution in [0.2, 0.25) is 0 Å². The average Bonchev–Trinajstić information content (AvgIpc) is 2.45. The lowest BCUT2D eigenvalue weighted by molar-refractivity contribution is 0.0513. The normalized spacial score (nSPS) is 17.8. The molecule has 1 N–H and O–H groups in total. The SMILES string of the molecule is Fc1cccc(NCC2OCCc3ccccc32)c1. The van der Waals surface area contributed by atoms with E-state index in [0.717, 1.165) is 18.7 Å². The Labute approximate surface area is 112 Å². The zero-order valence-corrected chi connectivity index (χ0v) is 10.6. The summed E-state index contributed by atoms with van der Waals surface area (Å²) < 4.78 is 18.9. The van der Waals surface area contributed by atoms with Gasteiger partial charge in [-0.1, -0.05) is 30.3 Å². The molecule has 1 unspecified atom stereocenters. The summed E-state index contributed by atoms with van der Waals surface area (Å²) in [5, 5.41) is 3.23. The monoisotopic (exact) mass is 257 g/mol. The number of hydrogen-bond donors (Lipinski definition) is 1. The number of halogens is 1. The van der Waals surface area contributed by atoms with Crippen molar-refractivity contribution in [3.8, 4) is 0 Å². The van der Waals surface area contributed by atoms with E-state index in [2.05, 4.69) is 23.5 Å². The van der Waals surface area contributed by atoms with Gasteiger partial charge < -0.3 is 10.1 Å². The lowest BCUT2D eigenvalue weighted by atomic mass is 9.97. The average molecular weight is 257 g/mol. The van der Waals surface area contributed by atoms with Gasteiger partial charge in [0.2, 0.25) is 0 Å². The van der Waals surface area contributed by atoms with Crippen LogP contribution in [0.4, 0.5) is 10.1 Å². The molecule has 1 heterocycles. The van der Waals surface area contributed by atoms with E-state index in [1.54, 1.807) is 6.07 Å². The minimum absolute atomic E-state index is 0.0354. The maximum Gasteiger partial charge on any atom is 0.125 e. The highest BCUT2D eigenvalue weighted by Gasteiger charge is 2.19. The van der Waals surface area contributed by atoms with Gasteiger partial charge in [0.1, 0.15) is 5.82 Å². The van der Waals surface area contributed by atoms with Crippen LogP contribution in [-0.2, 0) is 11.2 Å². The van der Waals surface area contributed by atoms with Crippen molar-refractivity contribution in [2.24, 2.45) is 0 Å². The summed E-state index contributed by atoms with van der Waals surface area (Å²) >= 11 is 0. The molecular formula is C16H16FNO. The van der Waals surface area contributed by atoms with Crippen LogP contribution in [0.15, 0.2) is 48.5 Å². The lowest BCUT2D eigenvalue weighted by Crippen LogP contribution is -2.22. The molecule has 0 fully saturated rings. The first-order chi connectivity index (χ1) is 9.33. The summed E-state index contributed by atoms with van der Waals surface area (Å²) in [5.74, 6) is -0.227. The molecule has 0 saturated carbocycles. The van der Waals surface area contributed by atoms with Gasteiger partial charge >= 0.3 is 0 Å². The molecule has 2 aromatic rings. The predicted octanol–water partition coefficient (Wildman–Crippen LogP) is 3.55. The van der Waals surface area contributed by atoms with Crippen molar-refractivity contribution in [3.05, 3.63) is 65.5 Å². The van der Waals surface area contributed by atoms with Gasteiger partial charge in [-0.25, -0.2) is 4.39 Å². The third-order valence-electron chi connectivity index (χ3n) is 3.41. The Morgan fingerprint density at radius 1 is 1.16 bits per heavy atom. The maximum atomic E-state index is 13.1. The number of benzene rings is 2. The topological polar surface area (TPSA) is 21.3 Å². The van der Waals surface area contributed by atoms with Gasteiger partial charge in [-0.2, -0.15) is 0 Å². The minimum Gasteiger partial charge on any atom is -0.382 e. The van der Waals surface area contributed by atoms with Gasteiger partial charge in [-0.3, -0.25) is 0 Å². The molecule has 98 valence electrons. The Kier molecular flexibility index (Phi) is 3.47. The Morgan fingerprint density at radius 3 is 2.95 bits per heavy atom. The van der Waals surface area contributed by atoms with E-state index in [9.17, 15) is 4.39 Å². The van der Waals surface area contributed by atoms with Crippen molar-refractivity contribution in [2.45, 2.75) is 12.5 Å². The molecule has 1 atom stereocenters. The fourth-order valence-corrected chi connectivity index (χ4v) is 2.45. The van der Waals surface area contributed by atoms with Crippen LogP contribution in [0.3, 0.4) is 0 Å². The Morgan fingerprint density at radius 2 is 2.05 bits per heavy atom. The van der Waals surface area contributed by atoms with Crippen LogP contribution in [0.25, 0.3) is 0 Å². The summed E-state index contributed by atoms with van der Waals surface area (Å²) in [4.78, 5) is 0. The molecule has 0 radical (unpaired) electrons. The highest BCUT2D eigenvalue weighted by molar-refractivity contribution is 5.44. The quantitative estimate of drug-likeness (QED) is 0.908. The number of rotatable bonds is 3. The highest BCUT2D eigenvalue weighted by atomic mass is 19.1. The first kappa shape index (κ1) is 12.2. The first-order valence-electron chi connectivity index (χ1n) is 6.52. The van der Waals surface area contributed by atoms with Gasteiger partial charge in [0.05, 0.1) is 12.7 Å². The molecule has 3 rings (SSSR count). The molecule has 1 aliphatic heterocycles. The molecule has 0 aliphatic carbocycles. The van der Waals surface area contributed by atoms with Gasteiger partial charge in [0, 0.05) is 12.2 Å². The van der Waals surface area contributed by atoms with E-state index in [0.29, 0.717) is 6.54 Å². The van der Waals surface area contributed by atoms with Crippen molar-refractivity contribution in [1.29, 1.82) is 0 Å². The van der Waals surface area contributed by atoms with Crippen molar-refractivity contribution < 1.29 is 9.13 Å². The number of fused-ring (bicyclic) bond motifs is 1. The standard InChI is InChI=1S/C16H16FNO/c17-13-5-3-6-14(10-13)18-11-16-15-7-2-1-4-12(15)8-9-19-16/h1-7,10,16,18H,8-9,11H2. The number of ether oxygens (including phenoxy) is 1. The fourth-order valence-electron chi connectivity index (χ4n) is 2.45. The fraction of sp³-hybridized carbons (Fsp3) is 0.250. The number of anilines is 1. The Bertz CT molecular complexity index is 570. The lowest BCUT2D eigenvalue weighted by Gasteiger charge is -2.26. The summed E-state index contributed by atoms with van der Waals surface area (Å²) in [6.45, 7) is 1.40. The molecule has 3 heteroatoms. The van der Waals surface area contributed by atoms with Crippen molar-refractivity contribution in [1.82, 2.24) is 0 Å². The molecule has 19 heavy (non-hydrogen) atoms. The first-order valence-corrected chi connectivity index (χ1v) is 6.52. The van der Waals surface area contributed by atoms with E-state index in [1.165, 1.54) is 23.3 Å². The number of hydrogen-bond acceptors (Lipinski definition) is 2. The predicted molar refractivity (Wildman–Crippen MR) is 73.7 cm³/mol. The summed E-state index contributed by atoms with van der Waals surface area (Å²) in [5.41, 5.74) is 3.36. The zero-order chi connectivity index (χ0) is 13.1. The smallest absolute Gasteiger partial charge is 0.125 e. The van der Waals surface area contributed by atoms with Crippen LogP contribution >= 0.6 is 0 Å². The molecule has 0 spiro atoms. The van der Waals surface area contributed by atoms with Crippen molar-refractivity contribution in [3.63, 3.8) is 0 Å². The van der Waals surface area contributed by atoms with Gasteiger partial charge in [0.15, 0.2) is 0 Å². The van der Waals surface area contributed by atoms with E-state index >= 15 is 0 Å². The molecule has 2 aromatic carbocycles. The Balaban J connectivity index is 1.71. The van der Waals surface area contributed by atoms with E-state index in [-0.39, 0.29) is 11.9 Å². The second-order valence-corrected chi connectivity index (χ2v) is 4.70. The molecule has 0 saturated heterocycles. The summed E-state index contributed by atoms with van der Waals surface area (Å²) in [6, 6.07) is 14.8. The largest absolute Gasteiger partial charge is 0.382 e. The third kappa shape index (κ3) is 2.76. The van der Waals surface area contributed by atoms with Gasteiger partial charge in [0.25, 0.3) is 0 Å². The van der Waals surface area contributed by atoms with Crippen LogP contribution in [0, 0.1) is 5.82 Å². The molecule has 0 amide bonds. The van der Waals surface area contributed by atoms with E-state index in [4.69, 9.17) is 4.74 Å². The van der Waals surface area contributed by atoms with E-state index in [1.807, 2.05) is 12.1 Å². The van der Waals surface area contributed by atoms with Crippen LogP contribution in [0.5, 0.6) is 0 Å². The second-order valence-electron chi connectivity index (χ2n) is 4.70. The summed E-state index contributed by atoms with van der Waals surface area (Å²) in [6.07, 6.45) is 1.00. The van der Waals surface area contributed by atoms with Crippen LogP contribution in [-0.4, -0.2) is 13.2 Å². The zero-order valence-electron chi connectivity index (χ0n) is 10.6. The van der Waals surface area contributed by atoms with Gasteiger partial charge in [-0.05, 0) is 35.7 Å². The minimum atomic E-state index is -0.227. The van der Waals surface area contributed by atoms with Crippen molar-refractivity contribution in [2.75, 3.05) is 18.5 Å². The molecule has 0 aromatic heterocycles. The third-order valence-corrected chi connectivity index (χ3v) is 3.41. The molecular weight excluding hydrogens is 241 g/mol. The molecule has 0 bridgehead atoms. The maximum absolute atomic E-state index is 13.1. The van der Waals surface area contributed by atoms with Crippen molar-refractivity contribution >= 4 is 5.69 Å². The Hall–Kier alpha value is -1.87. The molecule has 1 aliphatic rings. The van der Waals surface area contributed by atoms with E-state index < -0.39 is 0 Å². The van der Waals surface area contributed by atoms with Crippen LogP contribution < -0.4 is 5.32 Å². The van der Waals surface area contributed by atoms with Crippen LogP contribution in [0.1, 0.15) is 17.2 Å². The second kappa shape index (κ2) is 5.41.